The van der Waals surface area contributed by atoms with E-state index in [1.807, 2.05) is 6.08 Å². The SMILES string of the molecule is CC/C=C\C/C=C\C/C=C\C/C=C\C/C=C\C/C=C\C/C=C\CCCCCC(=O)NC(COC1OC(CO)C(O)C(O)C1O)C(O)/C=C/CC/C=C/CC/C=C/CCCCCCCCCCC. The van der Waals surface area contributed by atoms with Crippen LogP contribution >= 0.6 is 0 Å². The summed E-state index contributed by atoms with van der Waals surface area (Å²) in [5.74, 6) is -0.229. The number of aliphatic hydroxyl groups is 5. The summed E-state index contributed by atoms with van der Waals surface area (Å²) >= 11 is 0. The van der Waals surface area contributed by atoms with Crippen molar-refractivity contribution in [2.24, 2.45) is 0 Å². The van der Waals surface area contributed by atoms with Crippen LogP contribution in [0.5, 0.6) is 0 Å². The van der Waals surface area contributed by atoms with E-state index in [4.69, 9.17) is 9.47 Å². The van der Waals surface area contributed by atoms with Crippen molar-refractivity contribution in [1.29, 1.82) is 0 Å². The van der Waals surface area contributed by atoms with Crippen LogP contribution in [0.15, 0.2) is 122 Å². The third-order valence-electron chi connectivity index (χ3n) is 11.5. The van der Waals surface area contributed by atoms with Gasteiger partial charge in [-0.2, -0.15) is 0 Å². The van der Waals surface area contributed by atoms with E-state index in [1.165, 1.54) is 57.8 Å². The van der Waals surface area contributed by atoms with Crippen LogP contribution in [0, 0.1) is 0 Å². The highest BCUT2D eigenvalue weighted by atomic mass is 16.7. The van der Waals surface area contributed by atoms with Crippen LogP contribution in [0.2, 0.25) is 0 Å². The molecule has 67 heavy (non-hydrogen) atoms. The maximum absolute atomic E-state index is 13.0. The van der Waals surface area contributed by atoms with E-state index in [9.17, 15) is 30.3 Å². The van der Waals surface area contributed by atoms with Gasteiger partial charge >= 0.3 is 0 Å². The number of aliphatic hydroxyl groups excluding tert-OH is 5. The van der Waals surface area contributed by atoms with E-state index in [1.54, 1.807) is 6.08 Å². The summed E-state index contributed by atoms with van der Waals surface area (Å²) in [7, 11) is 0. The summed E-state index contributed by atoms with van der Waals surface area (Å²) in [6.45, 7) is 3.60. The number of amides is 1. The van der Waals surface area contributed by atoms with Crippen LogP contribution in [0.25, 0.3) is 0 Å². The minimum atomic E-state index is -1.59. The maximum atomic E-state index is 13.0. The summed E-state index contributed by atoms with van der Waals surface area (Å²) in [6, 6.07) is -0.856. The van der Waals surface area contributed by atoms with Gasteiger partial charge in [-0.3, -0.25) is 4.79 Å². The molecule has 1 aliphatic heterocycles. The second-order valence-corrected chi connectivity index (χ2v) is 17.6. The van der Waals surface area contributed by atoms with Gasteiger partial charge in [-0.15, -0.1) is 0 Å². The number of rotatable bonds is 42. The fraction of sp³-hybridized carbons (Fsp3) is 0.638. The van der Waals surface area contributed by atoms with Crippen molar-refractivity contribution in [1.82, 2.24) is 5.32 Å². The Balaban J connectivity index is 2.37. The van der Waals surface area contributed by atoms with Crippen molar-refractivity contribution in [3.05, 3.63) is 122 Å². The number of allylic oxidation sites excluding steroid dienone is 19. The Hall–Kier alpha value is -3.41. The first-order valence-electron chi connectivity index (χ1n) is 26.3. The zero-order valence-corrected chi connectivity index (χ0v) is 41.8. The zero-order chi connectivity index (χ0) is 48.7. The van der Waals surface area contributed by atoms with Gasteiger partial charge in [0.2, 0.25) is 5.91 Å². The average Bonchev–Trinajstić information content (AvgIpc) is 3.33. The fourth-order valence-corrected chi connectivity index (χ4v) is 7.34. The number of hydrogen-bond donors (Lipinski definition) is 6. The van der Waals surface area contributed by atoms with Crippen molar-refractivity contribution in [3.63, 3.8) is 0 Å². The molecule has 7 unspecified atom stereocenters. The molecule has 0 aromatic carbocycles. The molecule has 1 heterocycles. The first kappa shape index (κ1) is 61.6. The predicted octanol–water partition coefficient (Wildman–Crippen LogP) is 12.4. The molecule has 7 atom stereocenters. The zero-order valence-electron chi connectivity index (χ0n) is 41.8. The Labute approximate surface area is 408 Å². The second kappa shape index (κ2) is 46.3. The summed E-state index contributed by atoms with van der Waals surface area (Å²) in [6.07, 6.45) is 62.4. The summed E-state index contributed by atoms with van der Waals surface area (Å²) in [5.41, 5.74) is 0. The molecule has 0 radical (unpaired) electrons. The van der Waals surface area contributed by atoms with E-state index in [2.05, 4.69) is 129 Å². The number of carbonyl (C=O) groups excluding carboxylic acids is 1. The van der Waals surface area contributed by atoms with E-state index in [0.717, 1.165) is 89.9 Å². The summed E-state index contributed by atoms with van der Waals surface area (Å²) < 4.78 is 11.2. The molecule has 1 fully saturated rings. The van der Waals surface area contributed by atoms with Gasteiger partial charge in [0.25, 0.3) is 0 Å². The number of hydrogen-bond acceptors (Lipinski definition) is 8. The molecule has 0 spiro atoms. The van der Waals surface area contributed by atoms with E-state index in [0.29, 0.717) is 12.8 Å². The molecular formula is C58H95NO8. The monoisotopic (exact) mass is 934 g/mol. The molecule has 1 aliphatic rings. The van der Waals surface area contributed by atoms with Crippen LogP contribution in [-0.2, 0) is 14.3 Å². The Morgan fingerprint density at radius 2 is 0.940 bits per heavy atom. The van der Waals surface area contributed by atoms with Crippen LogP contribution in [0.3, 0.4) is 0 Å². The standard InChI is InChI=1S/C58H95NO8/c1-3-5-7-9-11-13-15-17-19-21-23-24-25-26-27-28-30-32-34-36-38-40-42-44-46-48-54(62)59-51(50-66-58-57(65)56(64)55(63)53(49-60)67-58)52(61)47-45-43-41-39-37-35-33-31-29-22-20-18-16-14-12-10-8-6-4-2/h5,7,11,13,17,19,23-24,26-27,29-32,36-39,45,47,51-53,55-58,60-61,63-65H,3-4,6,8-10,12,14-16,18,20-22,25,28,33-35,40-44,46,48-50H2,1-2H3,(H,59,62)/b7-5-,13-11-,19-17-,24-23-,27-26-,31-29+,32-30-,38-36-,39-37+,47-45+. The Morgan fingerprint density at radius 3 is 1.43 bits per heavy atom. The molecule has 0 aromatic heterocycles. The van der Waals surface area contributed by atoms with Crippen molar-refractivity contribution < 1.29 is 39.8 Å². The third-order valence-corrected chi connectivity index (χ3v) is 11.5. The lowest BCUT2D eigenvalue weighted by Gasteiger charge is -2.40. The molecule has 9 heteroatoms. The molecule has 0 bridgehead atoms. The normalized spacial score (nSPS) is 20.7. The molecule has 6 N–H and O–H groups in total. The number of carbonyl (C=O) groups is 1. The van der Waals surface area contributed by atoms with Crippen LogP contribution in [0.4, 0.5) is 0 Å². The molecule has 0 saturated carbocycles. The van der Waals surface area contributed by atoms with Crippen LogP contribution in [0.1, 0.15) is 181 Å². The largest absolute Gasteiger partial charge is 0.394 e. The van der Waals surface area contributed by atoms with E-state index in [-0.39, 0.29) is 18.9 Å². The second-order valence-electron chi connectivity index (χ2n) is 17.6. The highest BCUT2D eigenvalue weighted by Gasteiger charge is 2.44. The number of ether oxygens (including phenoxy) is 2. The highest BCUT2D eigenvalue weighted by Crippen LogP contribution is 2.22. The van der Waals surface area contributed by atoms with Gasteiger partial charge in [0.15, 0.2) is 6.29 Å². The minimum Gasteiger partial charge on any atom is -0.394 e. The molecule has 1 rings (SSSR count). The van der Waals surface area contributed by atoms with E-state index >= 15 is 0 Å². The Bertz CT molecular complexity index is 1460. The van der Waals surface area contributed by atoms with Crippen molar-refractivity contribution >= 4 is 5.91 Å². The minimum absolute atomic E-state index is 0.228. The topological polar surface area (TPSA) is 149 Å². The van der Waals surface area contributed by atoms with Gasteiger partial charge in [-0.05, 0) is 103 Å². The number of nitrogens with one attached hydrogen (secondary N) is 1. The van der Waals surface area contributed by atoms with Gasteiger partial charge in [0.1, 0.15) is 24.4 Å². The van der Waals surface area contributed by atoms with E-state index < -0.39 is 49.5 Å². The van der Waals surface area contributed by atoms with Crippen LogP contribution < -0.4 is 5.32 Å². The van der Waals surface area contributed by atoms with Crippen molar-refractivity contribution in [2.45, 2.75) is 224 Å². The Morgan fingerprint density at radius 1 is 0.522 bits per heavy atom. The first-order valence-corrected chi connectivity index (χ1v) is 26.3. The summed E-state index contributed by atoms with van der Waals surface area (Å²) in [4.78, 5) is 13.0. The number of unbranched alkanes of at least 4 members (excludes halogenated alkanes) is 14. The molecule has 9 nitrogen and oxygen atoms in total. The van der Waals surface area contributed by atoms with Gasteiger partial charge in [-0.25, -0.2) is 0 Å². The molecule has 380 valence electrons. The lowest BCUT2D eigenvalue weighted by molar-refractivity contribution is -0.302. The van der Waals surface area contributed by atoms with Crippen molar-refractivity contribution in [2.75, 3.05) is 13.2 Å². The molecule has 1 amide bonds. The average molecular weight is 934 g/mol. The highest BCUT2D eigenvalue weighted by molar-refractivity contribution is 5.76. The fourth-order valence-electron chi connectivity index (χ4n) is 7.34. The quantitative estimate of drug-likeness (QED) is 0.0262. The predicted molar refractivity (Wildman–Crippen MR) is 280 cm³/mol. The molecule has 0 aromatic rings. The summed E-state index contributed by atoms with van der Waals surface area (Å²) in [5, 5.41) is 54.3. The van der Waals surface area contributed by atoms with Gasteiger partial charge in [0, 0.05) is 6.42 Å². The van der Waals surface area contributed by atoms with Crippen molar-refractivity contribution in [3.8, 4) is 0 Å². The smallest absolute Gasteiger partial charge is 0.220 e. The molecular weight excluding hydrogens is 839 g/mol. The first-order chi connectivity index (χ1) is 32.8. The lowest BCUT2D eigenvalue weighted by Crippen LogP contribution is -2.60. The lowest BCUT2D eigenvalue weighted by atomic mass is 9.99. The maximum Gasteiger partial charge on any atom is 0.220 e. The molecule has 0 aliphatic carbocycles. The van der Waals surface area contributed by atoms with Gasteiger partial charge < -0.3 is 40.3 Å². The van der Waals surface area contributed by atoms with Crippen LogP contribution in [-0.4, -0.2) is 87.5 Å². The van der Waals surface area contributed by atoms with Gasteiger partial charge in [-0.1, -0.05) is 193 Å². The Kier molecular flexibility index (Phi) is 42.6. The van der Waals surface area contributed by atoms with Gasteiger partial charge in [0.05, 0.1) is 25.4 Å². The third kappa shape index (κ3) is 36.3. The molecule has 1 saturated heterocycles.